The Morgan fingerprint density at radius 3 is 2.74 bits per heavy atom. The molecule has 0 atom stereocenters. The van der Waals surface area contributed by atoms with Gasteiger partial charge in [-0.05, 0) is 17.7 Å². The molecule has 1 N–H and O–H groups in total. The molecule has 0 spiro atoms. The van der Waals surface area contributed by atoms with Crippen molar-refractivity contribution in [3.05, 3.63) is 70.2 Å². The summed E-state index contributed by atoms with van der Waals surface area (Å²) >= 11 is 0. The zero-order valence-electron chi connectivity index (χ0n) is 18.9. The van der Waals surface area contributed by atoms with Crippen LogP contribution in [-0.4, -0.2) is 46.9 Å². The highest BCUT2D eigenvalue weighted by molar-refractivity contribution is 5.73. The molecule has 35 heavy (non-hydrogen) atoms. The molecule has 0 unspecified atom stereocenters. The zero-order valence-corrected chi connectivity index (χ0v) is 18.9. The van der Waals surface area contributed by atoms with Gasteiger partial charge in [0.25, 0.3) is 0 Å². The average molecular weight is 480 g/mol. The molecule has 2 aromatic heterocycles. The fraction of sp³-hybridized carbons (Fsp3) is 0.217. The number of halogens is 1. The maximum Gasteiger partial charge on any atom is 0.333 e. The fourth-order valence-electron chi connectivity index (χ4n) is 3.84. The van der Waals surface area contributed by atoms with Crippen molar-refractivity contribution in [2.24, 2.45) is 0 Å². The molecule has 4 aromatic rings. The van der Waals surface area contributed by atoms with E-state index in [9.17, 15) is 14.5 Å². The summed E-state index contributed by atoms with van der Waals surface area (Å²) in [5.74, 6) is 1.61. The Morgan fingerprint density at radius 2 is 2.00 bits per heavy atom. The maximum absolute atomic E-state index is 14.2. The SMILES string of the molecule is COc1ccc(CN(C)c2cc(Nc3cc(F)cc4c3OCCO4)nc3c([N+](=O)[O-])cnn23)cc1. The highest BCUT2D eigenvalue weighted by atomic mass is 19.1. The van der Waals surface area contributed by atoms with Crippen molar-refractivity contribution in [2.45, 2.75) is 6.54 Å². The molecule has 2 aromatic carbocycles. The number of benzene rings is 2. The molecular formula is C23H21FN6O5. The number of fused-ring (bicyclic) bond motifs is 2. The van der Waals surface area contributed by atoms with Crippen LogP contribution < -0.4 is 24.4 Å². The highest BCUT2D eigenvalue weighted by Crippen LogP contribution is 2.40. The van der Waals surface area contributed by atoms with Gasteiger partial charge in [-0.25, -0.2) is 9.37 Å². The largest absolute Gasteiger partial charge is 0.497 e. The molecule has 0 saturated carbocycles. The van der Waals surface area contributed by atoms with E-state index in [1.807, 2.05) is 36.2 Å². The molecule has 0 saturated heterocycles. The Morgan fingerprint density at radius 1 is 1.23 bits per heavy atom. The monoisotopic (exact) mass is 480 g/mol. The molecule has 12 heteroatoms. The van der Waals surface area contributed by atoms with Crippen molar-refractivity contribution in [3.63, 3.8) is 0 Å². The smallest absolute Gasteiger partial charge is 0.333 e. The lowest BCUT2D eigenvalue weighted by Crippen LogP contribution is -2.20. The third-order valence-electron chi connectivity index (χ3n) is 5.47. The Labute approximate surface area is 198 Å². The fourth-order valence-corrected chi connectivity index (χ4v) is 3.84. The first-order valence-electron chi connectivity index (χ1n) is 10.7. The predicted octanol–water partition coefficient (Wildman–Crippen LogP) is 3.94. The number of ether oxygens (including phenoxy) is 3. The van der Waals surface area contributed by atoms with E-state index in [4.69, 9.17) is 14.2 Å². The van der Waals surface area contributed by atoms with Gasteiger partial charge < -0.3 is 24.4 Å². The van der Waals surface area contributed by atoms with E-state index in [0.717, 1.165) is 17.5 Å². The quantitative estimate of drug-likeness (QED) is 0.310. The van der Waals surface area contributed by atoms with Crippen LogP contribution in [0.1, 0.15) is 5.56 Å². The molecule has 0 bridgehead atoms. The summed E-state index contributed by atoms with van der Waals surface area (Å²) < 4.78 is 32.0. The number of methoxy groups -OCH3 is 1. The Hall–Kier alpha value is -4.61. The predicted molar refractivity (Wildman–Crippen MR) is 125 cm³/mol. The van der Waals surface area contributed by atoms with Crippen molar-refractivity contribution in [2.75, 3.05) is 37.6 Å². The summed E-state index contributed by atoms with van der Waals surface area (Å²) in [6, 6.07) is 11.7. The normalized spacial score (nSPS) is 12.4. The Kier molecular flexibility index (Phi) is 5.69. The number of rotatable bonds is 7. The lowest BCUT2D eigenvalue weighted by atomic mass is 10.2. The third kappa shape index (κ3) is 4.33. The molecule has 0 aliphatic carbocycles. The lowest BCUT2D eigenvalue weighted by molar-refractivity contribution is -0.383. The molecule has 1 aliphatic rings. The van der Waals surface area contributed by atoms with Crippen LogP contribution in [0.2, 0.25) is 0 Å². The van der Waals surface area contributed by atoms with Crippen LogP contribution in [0.4, 0.5) is 27.4 Å². The molecule has 11 nitrogen and oxygen atoms in total. The summed E-state index contributed by atoms with van der Waals surface area (Å²) in [7, 11) is 3.43. The van der Waals surface area contributed by atoms with Crippen LogP contribution in [0, 0.1) is 15.9 Å². The van der Waals surface area contributed by atoms with Gasteiger partial charge in [0.2, 0.25) is 5.65 Å². The van der Waals surface area contributed by atoms with Gasteiger partial charge in [-0.2, -0.15) is 9.61 Å². The molecule has 0 fully saturated rings. The van der Waals surface area contributed by atoms with E-state index >= 15 is 0 Å². The summed E-state index contributed by atoms with van der Waals surface area (Å²) in [6.45, 7) is 1.09. The van der Waals surface area contributed by atoms with Gasteiger partial charge in [-0.3, -0.25) is 10.1 Å². The summed E-state index contributed by atoms with van der Waals surface area (Å²) in [5.41, 5.74) is 1.06. The second kappa shape index (κ2) is 8.97. The number of nitro groups is 1. The third-order valence-corrected chi connectivity index (χ3v) is 5.47. The Bertz CT molecular complexity index is 1410. The van der Waals surface area contributed by atoms with Gasteiger partial charge >= 0.3 is 5.69 Å². The van der Waals surface area contributed by atoms with E-state index in [2.05, 4.69) is 15.4 Å². The van der Waals surface area contributed by atoms with E-state index in [-0.39, 0.29) is 22.9 Å². The van der Waals surface area contributed by atoms with Crippen LogP contribution in [0.15, 0.2) is 48.7 Å². The lowest BCUT2D eigenvalue weighted by Gasteiger charge is -2.23. The van der Waals surface area contributed by atoms with Gasteiger partial charge in [0.05, 0.1) is 17.7 Å². The van der Waals surface area contributed by atoms with Gasteiger partial charge in [-0.1, -0.05) is 12.1 Å². The number of nitrogens with zero attached hydrogens (tertiary/aromatic N) is 5. The molecule has 180 valence electrons. The van der Waals surface area contributed by atoms with Crippen LogP contribution in [-0.2, 0) is 6.54 Å². The zero-order chi connectivity index (χ0) is 24.5. The standard InChI is InChI=1S/C23H21FN6O5/c1-28(13-14-3-5-16(33-2)6-4-14)21-11-20(27-23-18(30(31)32)12-25-29(21)23)26-17-9-15(24)10-19-22(17)35-8-7-34-19/h3-6,9-12H,7-8,13H2,1-2H3,(H,26,27). The minimum atomic E-state index is -0.548. The van der Waals surface area contributed by atoms with E-state index in [0.29, 0.717) is 37.0 Å². The summed E-state index contributed by atoms with van der Waals surface area (Å²) in [4.78, 5) is 17.3. The average Bonchev–Trinajstić information content (AvgIpc) is 3.28. The number of anilines is 3. The van der Waals surface area contributed by atoms with Crippen LogP contribution in [0.25, 0.3) is 5.65 Å². The molecule has 5 rings (SSSR count). The second-order valence-corrected chi connectivity index (χ2v) is 7.83. The first kappa shape index (κ1) is 22.2. The summed E-state index contributed by atoms with van der Waals surface area (Å²) in [6.07, 6.45) is 1.15. The van der Waals surface area contributed by atoms with Gasteiger partial charge in [-0.15, -0.1) is 0 Å². The Balaban J connectivity index is 1.55. The molecule has 3 heterocycles. The number of hydrogen-bond donors (Lipinski definition) is 1. The van der Waals surface area contributed by atoms with Crippen LogP contribution in [0.3, 0.4) is 0 Å². The highest BCUT2D eigenvalue weighted by Gasteiger charge is 2.23. The van der Waals surface area contributed by atoms with Crippen LogP contribution in [0.5, 0.6) is 17.2 Å². The van der Waals surface area contributed by atoms with Gasteiger partial charge in [0.15, 0.2) is 11.5 Å². The summed E-state index contributed by atoms with van der Waals surface area (Å²) in [5, 5.41) is 18.8. The van der Waals surface area contributed by atoms with Crippen molar-refractivity contribution in [1.82, 2.24) is 14.6 Å². The number of hydrogen-bond acceptors (Lipinski definition) is 9. The maximum atomic E-state index is 14.2. The van der Waals surface area contributed by atoms with Crippen molar-refractivity contribution >= 4 is 28.7 Å². The first-order chi connectivity index (χ1) is 16.9. The number of nitrogens with one attached hydrogen (secondary N) is 1. The molecular weight excluding hydrogens is 459 g/mol. The van der Waals surface area contributed by atoms with Crippen molar-refractivity contribution in [3.8, 4) is 17.2 Å². The molecule has 1 aliphatic heterocycles. The van der Waals surface area contributed by atoms with E-state index < -0.39 is 10.7 Å². The van der Waals surface area contributed by atoms with Crippen LogP contribution >= 0.6 is 0 Å². The van der Waals surface area contributed by atoms with Gasteiger partial charge in [0.1, 0.15) is 42.6 Å². The van der Waals surface area contributed by atoms with Crippen molar-refractivity contribution in [1.29, 1.82) is 0 Å². The first-order valence-corrected chi connectivity index (χ1v) is 10.7. The minimum Gasteiger partial charge on any atom is -0.497 e. The van der Waals surface area contributed by atoms with E-state index in [1.165, 1.54) is 16.6 Å². The number of aromatic nitrogens is 3. The second-order valence-electron chi connectivity index (χ2n) is 7.83. The van der Waals surface area contributed by atoms with Gasteiger partial charge in [0, 0.05) is 31.8 Å². The molecule has 0 amide bonds. The minimum absolute atomic E-state index is 0.0408. The van der Waals surface area contributed by atoms with E-state index in [1.54, 1.807) is 13.2 Å². The molecule has 0 radical (unpaired) electrons. The van der Waals surface area contributed by atoms with Crippen molar-refractivity contribution < 1.29 is 23.5 Å². The topological polar surface area (TPSA) is 116 Å².